The molecule has 24 heavy (non-hydrogen) atoms. The molecule has 0 bridgehead atoms. The van der Waals surface area contributed by atoms with Gasteiger partial charge in [0.15, 0.2) is 0 Å². The smallest absolute Gasteiger partial charge is 0.349 e. The Hall–Kier alpha value is -1.56. The molecule has 3 rings (SSSR count). The highest BCUT2D eigenvalue weighted by molar-refractivity contribution is 5.94. The van der Waals surface area contributed by atoms with Crippen molar-refractivity contribution in [3.8, 4) is 0 Å². The summed E-state index contributed by atoms with van der Waals surface area (Å²) in [5, 5.41) is 3.07. The van der Waals surface area contributed by atoms with Crippen molar-refractivity contribution in [3.63, 3.8) is 0 Å². The fourth-order valence-corrected chi connectivity index (χ4v) is 4.12. The molecule has 1 unspecified atom stereocenters. The van der Waals surface area contributed by atoms with E-state index < -0.39 is 11.7 Å². The Balaban J connectivity index is 1.65. The molecule has 1 aliphatic carbocycles. The maximum absolute atomic E-state index is 12.6. The van der Waals surface area contributed by atoms with E-state index >= 15 is 0 Å². The van der Waals surface area contributed by atoms with E-state index in [1.54, 1.807) is 0 Å². The number of hydrogen-bond donors (Lipinski definition) is 1. The predicted molar refractivity (Wildman–Crippen MR) is 85.6 cm³/mol. The average molecular weight is 340 g/mol. The summed E-state index contributed by atoms with van der Waals surface area (Å²) >= 11 is 0. The molecule has 1 saturated carbocycles. The Kier molecular flexibility index (Phi) is 4.85. The van der Waals surface area contributed by atoms with E-state index in [4.69, 9.17) is 0 Å². The molecule has 1 aromatic rings. The molecular formula is C18H23F3N2O. The van der Waals surface area contributed by atoms with Crippen LogP contribution in [0.25, 0.3) is 0 Å². The molecule has 1 heterocycles. The molecule has 6 heteroatoms. The standard InChI is InChI=1S/C18H23F3N2O/c1-23-10-9-15-13(11-23)3-2-4-16(15)22-17(24)12-5-7-14(8-6-12)18(19,20)21/h5-8,13,15-16H,2-4,9-11H2,1H3,(H,22,24)/t13-,15-,16?/m0/s1. The van der Waals surface area contributed by atoms with Crippen molar-refractivity contribution in [2.75, 3.05) is 20.1 Å². The van der Waals surface area contributed by atoms with Gasteiger partial charge in [0, 0.05) is 18.2 Å². The summed E-state index contributed by atoms with van der Waals surface area (Å²) in [6, 6.07) is 4.58. The lowest BCUT2D eigenvalue weighted by Crippen LogP contribution is -2.51. The first-order valence-electron chi connectivity index (χ1n) is 8.51. The van der Waals surface area contributed by atoms with Gasteiger partial charge in [-0.15, -0.1) is 0 Å². The highest BCUT2D eigenvalue weighted by Crippen LogP contribution is 2.36. The molecule has 1 aliphatic heterocycles. The monoisotopic (exact) mass is 340 g/mol. The Morgan fingerprint density at radius 1 is 1.17 bits per heavy atom. The van der Waals surface area contributed by atoms with Crippen LogP contribution in [0.15, 0.2) is 24.3 Å². The van der Waals surface area contributed by atoms with Crippen molar-refractivity contribution in [2.24, 2.45) is 11.8 Å². The van der Waals surface area contributed by atoms with Gasteiger partial charge in [0.25, 0.3) is 5.91 Å². The lowest BCUT2D eigenvalue weighted by atomic mass is 9.72. The second-order valence-electron chi connectivity index (χ2n) is 7.06. The molecule has 1 N–H and O–H groups in total. The molecule has 1 saturated heterocycles. The van der Waals surface area contributed by atoms with Crippen LogP contribution in [0.2, 0.25) is 0 Å². The molecule has 132 valence electrons. The number of likely N-dealkylation sites (tertiary alicyclic amines) is 1. The van der Waals surface area contributed by atoms with Crippen LogP contribution in [0, 0.1) is 11.8 Å². The average Bonchev–Trinajstić information content (AvgIpc) is 2.54. The van der Waals surface area contributed by atoms with Gasteiger partial charge in [0.2, 0.25) is 0 Å². The summed E-state index contributed by atoms with van der Waals surface area (Å²) in [5.74, 6) is 0.817. The SMILES string of the molecule is CN1CC[C@@H]2C(NC(=O)c3ccc(C(F)(F)F)cc3)CCC[C@H]2C1. The fraction of sp³-hybridized carbons (Fsp3) is 0.611. The van der Waals surface area contributed by atoms with Crippen molar-refractivity contribution in [3.05, 3.63) is 35.4 Å². The summed E-state index contributed by atoms with van der Waals surface area (Å²) in [6.07, 6.45) is -0.0648. The van der Waals surface area contributed by atoms with Crippen molar-refractivity contribution in [2.45, 2.75) is 37.9 Å². The van der Waals surface area contributed by atoms with Gasteiger partial charge in [-0.05, 0) is 69.0 Å². The number of alkyl halides is 3. The third-order valence-corrected chi connectivity index (χ3v) is 5.39. The fourth-order valence-electron chi connectivity index (χ4n) is 4.12. The van der Waals surface area contributed by atoms with E-state index in [1.807, 2.05) is 0 Å². The first kappa shape index (κ1) is 17.3. The first-order valence-corrected chi connectivity index (χ1v) is 8.51. The molecule has 1 aromatic carbocycles. The summed E-state index contributed by atoms with van der Waals surface area (Å²) in [4.78, 5) is 14.7. The molecule has 2 aliphatic rings. The third kappa shape index (κ3) is 3.74. The van der Waals surface area contributed by atoms with E-state index in [2.05, 4.69) is 17.3 Å². The number of benzene rings is 1. The van der Waals surface area contributed by atoms with Crippen molar-refractivity contribution in [1.29, 1.82) is 0 Å². The highest BCUT2D eigenvalue weighted by Gasteiger charge is 2.37. The highest BCUT2D eigenvalue weighted by atomic mass is 19.4. The van der Waals surface area contributed by atoms with E-state index in [1.165, 1.54) is 18.6 Å². The number of nitrogens with one attached hydrogen (secondary N) is 1. The van der Waals surface area contributed by atoms with E-state index in [0.717, 1.165) is 44.5 Å². The van der Waals surface area contributed by atoms with E-state index in [0.29, 0.717) is 11.8 Å². The van der Waals surface area contributed by atoms with Crippen LogP contribution in [0.5, 0.6) is 0 Å². The number of halogens is 3. The minimum Gasteiger partial charge on any atom is -0.349 e. The normalized spacial score (nSPS) is 28.2. The van der Waals surface area contributed by atoms with Gasteiger partial charge in [-0.25, -0.2) is 0 Å². The summed E-state index contributed by atoms with van der Waals surface area (Å²) in [5.41, 5.74) is -0.440. The zero-order valence-corrected chi connectivity index (χ0v) is 13.8. The Morgan fingerprint density at radius 3 is 2.54 bits per heavy atom. The first-order chi connectivity index (χ1) is 11.3. The van der Waals surface area contributed by atoms with Gasteiger partial charge < -0.3 is 10.2 Å². The second-order valence-corrected chi connectivity index (χ2v) is 7.06. The molecule has 1 amide bonds. The van der Waals surface area contributed by atoms with Gasteiger partial charge in [-0.2, -0.15) is 13.2 Å². The number of amides is 1. The summed E-state index contributed by atoms with van der Waals surface area (Å²) in [6.45, 7) is 2.10. The van der Waals surface area contributed by atoms with Crippen LogP contribution in [0.4, 0.5) is 13.2 Å². The van der Waals surface area contributed by atoms with Gasteiger partial charge in [0.05, 0.1) is 5.56 Å². The topological polar surface area (TPSA) is 32.3 Å². The number of rotatable bonds is 2. The van der Waals surface area contributed by atoms with Crippen LogP contribution in [0.1, 0.15) is 41.6 Å². The van der Waals surface area contributed by atoms with Crippen molar-refractivity contribution in [1.82, 2.24) is 10.2 Å². The summed E-state index contributed by atoms with van der Waals surface area (Å²) < 4.78 is 37.8. The molecule has 0 spiro atoms. The van der Waals surface area contributed by atoms with Crippen molar-refractivity contribution >= 4 is 5.91 Å². The maximum atomic E-state index is 12.6. The number of piperidine rings is 1. The van der Waals surface area contributed by atoms with Crippen LogP contribution >= 0.6 is 0 Å². The van der Waals surface area contributed by atoms with Crippen LogP contribution in [-0.4, -0.2) is 37.0 Å². The Bertz CT molecular complexity index is 585. The van der Waals surface area contributed by atoms with Crippen LogP contribution in [-0.2, 0) is 6.18 Å². The quantitative estimate of drug-likeness (QED) is 0.893. The zero-order valence-electron chi connectivity index (χ0n) is 13.8. The third-order valence-electron chi connectivity index (χ3n) is 5.39. The number of hydrogen-bond acceptors (Lipinski definition) is 2. The molecule has 2 fully saturated rings. The van der Waals surface area contributed by atoms with E-state index in [-0.39, 0.29) is 17.5 Å². The zero-order chi connectivity index (χ0) is 17.3. The molecule has 3 nitrogen and oxygen atoms in total. The minimum absolute atomic E-state index is 0.132. The Labute approximate surface area is 140 Å². The molecule has 3 atom stereocenters. The number of carbonyl (C=O) groups is 1. The molecule has 0 aromatic heterocycles. The van der Waals surface area contributed by atoms with Gasteiger partial charge in [0.1, 0.15) is 0 Å². The van der Waals surface area contributed by atoms with E-state index in [9.17, 15) is 18.0 Å². The van der Waals surface area contributed by atoms with Crippen LogP contribution < -0.4 is 5.32 Å². The lowest BCUT2D eigenvalue weighted by molar-refractivity contribution is -0.137. The number of nitrogens with zero attached hydrogens (tertiary/aromatic N) is 1. The lowest BCUT2D eigenvalue weighted by Gasteiger charge is -2.44. The second kappa shape index (κ2) is 6.75. The van der Waals surface area contributed by atoms with Gasteiger partial charge >= 0.3 is 6.18 Å². The molecular weight excluding hydrogens is 317 g/mol. The predicted octanol–water partition coefficient (Wildman–Crippen LogP) is 3.56. The molecule has 0 radical (unpaired) electrons. The van der Waals surface area contributed by atoms with Crippen LogP contribution in [0.3, 0.4) is 0 Å². The van der Waals surface area contributed by atoms with Gasteiger partial charge in [-0.1, -0.05) is 6.42 Å². The Morgan fingerprint density at radius 2 is 1.88 bits per heavy atom. The minimum atomic E-state index is -4.38. The number of fused-ring (bicyclic) bond motifs is 1. The van der Waals surface area contributed by atoms with Crippen molar-refractivity contribution < 1.29 is 18.0 Å². The maximum Gasteiger partial charge on any atom is 0.416 e. The largest absolute Gasteiger partial charge is 0.416 e. The van der Waals surface area contributed by atoms with Gasteiger partial charge in [-0.3, -0.25) is 4.79 Å². The number of carbonyl (C=O) groups excluding carboxylic acids is 1. The summed E-state index contributed by atoms with van der Waals surface area (Å²) in [7, 11) is 2.13.